The molecular weight excluding hydrogens is 284 g/mol. The summed E-state index contributed by atoms with van der Waals surface area (Å²) in [4.78, 5) is 15.1. The van der Waals surface area contributed by atoms with E-state index in [0.717, 1.165) is 43.8 Å². The Labute approximate surface area is 139 Å². The van der Waals surface area contributed by atoms with Crippen LogP contribution in [0.15, 0.2) is 18.2 Å². The van der Waals surface area contributed by atoms with Gasteiger partial charge in [0, 0.05) is 30.7 Å². The Morgan fingerprint density at radius 1 is 0.957 bits per heavy atom. The molecule has 3 nitrogen and oxygen atoms in total. The van der Waals surface area contributed by atoms with Crippen molar-refractivity contribution in [3.63, 3.8) is 0 Å². The van der Waals surface area contributed by atoms with E-state index in [1.165, 1.54) is 49.8 Å². The predicted molar refractivity (Wildman–Crippen MR) is 92.8 cm³/mol. The lowest BCUT2D eigenvalue weighted by Crippen LogP contribution is -2.41. The first-order chi connectivity index (χ1) is 11.3. The summed E-state index contributed by atoms with van der Waals surface area (Å²) < 4.78 is 0. The van der Waals surface area contributed by atoms with E-state index in [0.29, 0.717) is 6.04 Å². The Morgan fingerprint density at radius 2 is 1.70 bits per heavy atom. The van der Waals surface area contributed by atoms with Crippen molar-refractivity contribution in [2.45, 2.75) is 69.9 Å². The average molecular weight is 312 g/mol. The minimum absolute atomic E-state index is 0.125. The lowest BCUT2D eigenvalue weighted by molar-refractivity contribution is 0.0937. The SMILES string of the molecule is O=C(NC1CCCC1)c1ccc2c(c1)CCN(C1CCC1)CC2. The maximum absolute atomic E-state index is 12.5. The van der Waals surface area contributed by atoms with Crippen molar-refractivity contribution >= 4 is 5.91 Å². The van der Waals surface area contributed by atoms with E-state index in [2.05, 4.69) is 22.3 Å². The highest BCUT2D eigenvalue weighted by atomic mass is 16.1. The molecule has 0 bridgehead atoms. The van der Waals surface area contributed by atoms with Gasteiger partial charge in [0.15, 0.2) is 0 Å². The highest BCUT2D eigenvalue weighted by molar-refractivity contribution is 5.94. The Balaban J connectivity index is 1.43. The van der Waals surface area contributed by atoms with Gasteiger partial charge in [-0.2, -0.15) is 0 Å². The summed E-state index contributed by atoms with van der Waals surface area (Å²) in [5.74, 6) is 0.125. The molecule has 2 fully saturated rings. The molecule has 1 heterocycles. The molecule has 124 valence electrons. The third-order valence-corrected chi connectivity index (χ3v) is 6.09. The summed E-state index contributed by atoms with van der Waals surface area (Å²) in [5.41, 5.74) is 3.70. The predicted octanol–water partition coefficient (Wildman–Crippen LogP) is 3.31. The minimum atomic E-state index is 0.125. The number of amides is 1. The number of hydrogen-bond acceptors (Lipinski definition) is 2. The van der Waals surface area contributed by atoms with Crippen LogP contribution in [0, 0.1) is 0 Å². The fraction of sp³-hybridized carbons (Fsp3) is 0.650. The Morgan fingerprint density at radius 3 is 2.39 bits per heavy atom. The van der Waals surface area contributed by atoms with Gasteiger partial charge in [0.25, 0.3) is 5.91 Å². The largest absolute Gasteiger partial charge is 0.349 e. The summed E-state index contributed by atoms with van der Waals surface area (Å²) in [6.07, 6.45) is 11.2. The van der Waals surface area contributed by atoms with Crippen LogP contribution in [0.5, 0.6) is 0 Å². The Hall–Kier alpha value is -1.35. The van der Waals surface area contributed by atoms with Gasteiger partial charge < -0.3 is 5.32 Å². The van der Waals surface area contributed by atoms with Crippen LogP contribution in [0.3, 0.4) is 0 Å². The molecule has 4 rings (SSSR count). The zero-order chi connectivity index (χ0) is 15.6. The zero-order valence-electron chi connectivity index (χ0n) is 14.0. The third-order valence-electron chi connectivity index (χ3n) is 6.09. The summed E-state index contributed by atoms with van der Waals surface area (Å²) >= 11 is 0. The molecule has 0 atom stereocenters. The Bertz CT molecular complexity index is 573. The normalized spacial score (nSPS) is 23.1. The molecule has 23 heavy (non-hydrogen) atoms. The third kappa shape index (κ3) is 3.30. The molecule has 3 heteroatoms. The van der Waals surface area contributed by atoms with Gasteiger partial charge in [0.05, 0.1) is 0 Å². The van der Waals surface area contributed by atoms with Gasteiger partial charge in [-0.25, -0.2) is 0 Å². The molecule has 0 aromatic heterocycles. The van der Waals surface area contributed by atoms with Gasteiger partial charge in [0.2, 0.25) is 0 Å². The number of hydrogen-bond donors (Lipinski definition) is 1. The van der Waals surface area contributed by atoms with Gasteiger partial charge in [-0.3, -0.25) is 9.69 Å². The maximum Gasteiger partial charge on any atom is 0.251 e. The quantitative estimate of drug-likeness (QED) is 0.928. The van der Waals surface area contributed by atoms with E-state index in [1.54, 1.807) is 0 Å². The van der Waals surface area contributed by atoms with E-state index in [1.807, 2.05) is 6.07 Å². The van der Waals surface area contributed by atoms with E-state index in [9.17, 15) is 4.79 Å². The van der Waals surface area contributed by atoms with Crippen LogP contribution in [0.4, 0.5) is 0 Å². The molecule has 3 aliphatic rings. The van der Waals surface area contributed by atoms with E-state index >= 15 is 0 Å². The van der Waals surface area contributed by atoms with Crippen molar-refractivity contribution in [3.05, 3.63) is 34.9 Å². The number of rotatable bonds is 3. The molecule has 2 aliphatic carbocycles. The van der Waals surface area contributed by atoms with Gasteiger partial charge in [-0.15, -0.1) is 0 Å². The van der Waals surface area contributed by atoms with Crippen LogP contribution in [0.25, 0.3) is 0 Å². The molecule has 1 N–H and O–H groups in total. The number of carbonyl (C=O) groups excluding carboxylic acids is 1. The first kappa shape index (κ1) is 15.2. The van der Waals surface area contributed by atoms with Crippen molar-refractivity contribution in [1.82, 2.24) is 10.2 Å². The van der Waals surface area contributed by atoms with E-state index in [-0.39, 0.29) is 5.91 Å². The van der Waals surface area contributed by atoms with Crippen LogP contribution in [0.1, 0.15) is 66.4 Å². The molecular formula is C20H28N2O. The van der Waals surface area contributed by atoms with Gasteiger partial charge >= 0.3 is 0 Å². The highest BCUT2D eigenvalue weighted by Gasteiger charge is 2.26. The topological polar surface area (TPSA) is 32.3 Å². The lowest BCUT2D eigenvalue weighted by Gasteiger charge is -2.36. The summed E-state index contributed by atoms with van der Waals surface area (Å²) in [5, 5.41) is 3.21. The molecule has 0 unspecified atom stereocenters. The van der Waals surface area contributed by atoms with Crippen molar-refractivity contribution in [2.75, 3.05) is 13.1 Å². The average Bonchev–Trinajstić information content (AvgIpc) is 2.92. The zero-order valence-corrected chi connectivity index (χ0v) is 14.0. The summed E-state index contributed by atoms with van der Waals surface area (Å²) in [6, 6.07) is 7.61. The van der Waals surface area contributed by atoms with Crippen molar-refractivity contribution in [1.29, 1.82) is 0 Å². The number of benzene rings is 1. The van der Waals surface area contributed by atoms with E-state index < -0.39 is 0 Å². The number of nitrogens with one attached hydrogen (secondary N) is 1. The van der Waals surface area contributed by atoms with Crippen LogP contribution in [-0.2, 0) is 12.8 Å². The molecule has 1 amide bonds. The molecule has 0 saturated heterocycles. The second kappa shape index (κ2) is 6.64. The molecule has 2 saturated carbocycles. The lowest BCUT2D eigenvalue weighted by atomic mass is 9.91. The van der Waals surface area contributed by atoms with Gasteiger partial charge in [-0.05, 0) is 61.8 Å². The van der Waals surface area contributed by atoms with Crippen molar-refractivity contribution in [2.24, 2.45) is 0 Å². The standard InChI is InChI=1S/C20H28N2O/c23-20(21-18-4-1-2-5-18)17-9-8-15-10-12-22(19-6-3-7-19)13-11-16(15)14-17/h8-9,14,18-19H,1-7,10-13H2,(H,21,23). The molecule has 1 aliphatic heterocycles. The molecule has 0 spiro atoms. The first-order valence-electron chi connectivity index (χ1n) is 9.46. The smallest absolute Gasteiger partial charge is 0.251 e. The summed E-state index contributed by atoms with van der Waals surface area (Å²) in [7, 11) is 0. The van der Waals surface area contributed by atoms with E-state index in [4.69, 9.17) is 0 Å². The number of carbonyl (C=O) groups is 1. The second-order valence-corrected chi connectivity index (χ2v) is 7.56. The monoisotopic (exact) mass is 312 g/mol. The number of nitrogens with zero attached hydrogens (tertiary/aromatic N) is 1. The van der Waals surface area contributed by atoms with Crippen LogP contribution in [-0.4, -0.2) is 36.0 Å². The van der Waals surface area contributed by atoms with Crippen LogP contribution in [0.2, 0.25) is 0 Å². The van der Waals surface area contributed by atoms with Gasteiger partial charge in [-0.1, -0.05) is 25.3 Å². The fourth-order valence-corrected chi connectivity index (χ4v) is 4.34. The molecule has 0 radical (unpaired) electrons. The fourth-order valence-electron chi connectivity index (χ4n) is 4.34. The van der Waals surface area contributed by atoms with Crippen LogP contribution >= 0.6 is 0 Å². The summed E-state index contributed by atoms with van der Waals surface area (Å²) in [6.45, 7) is 2.34. The van der Waals surface area contributed by atoms with Gasteiger partial charge in [0.1, 0.15) is 0 Å². The molecule has 1 aromatic carbocycles. The van der Waals surface area contributed by atoms with Crippen molar-refractivity contribution in [3.8, 4) is 0 Å². The van der Waals surface area contributed by atoms with Crippen LogP contribution < -0.4 is 5.32 Å². The first-order valence-corrected chi connectivity index (χ1v) is 9.46. The minimum Gasteiger partial charge on any atom is -0.349 e. The Kier molecular flexibility index (Phi) is 4.39. The maximum atomic E-state index is 12.5. The second-order valence-electron chi connectivity index (χ2n) is 7.56. The highest BCUT2D eigenvalue weighted by Crippen LogP contribution is 2.27. The van der Waals surface area contributed by atoms with Crippen molar-refractivity contribution < 1.29 is 4.79 Å². The molecule has 1 aromatic rings. The number of fused-ring (bicyclic) bond motifs is 1.